The van der Waals surface area contributed by atoms with Crippen molar-refractivity contribution in [2.45, 2.75) is 13.5 Å². The van der Waals surface area contributed by atoms with Gasteiger partial charge in [0.25, 0.3) is 0 Å². The molecule has 0 saturated heterocycles. The molecule has 0 saturated carbocycles. The Balaban J connectivity index is 1.72. The molecule has 1 N–H and O–H groups in total. The second kappa shape index (κ2) is 6.10. The van der Waals surface area contributed by atoms with Gasteiger partial charge in [-0.25, -0.2) is 0 Å². The zero-order chi connectivity index (χ0) is 14.7. The van der Waals surface area contributed by atoms with Crippen molar-refractivity contribution in [3.63, 3.8) is 0 Å². The molecule has 0 atom stereocenters. The largest absolute Gasteiger partial charge is 0.379 e. The fourth-order valence-corrected chi connectivity index (χ4v) is 2.39. The predicted octanol–water partition coefficient (Wildman–Crippen LogP) is 3.95. The van der Waals surface area contributed by atoms with Gasteiger partial charge >= 0.3 is 0 Å². The second-order valence-electron chi connectivity index (χ2n) is 4.77. The molecule has 0 fully saturated rings. The van der Waals surface area contributed by atoms with Gasteiger partial charge in [-0.2, -0.15) is 15.0 Å². The van der Waals surface area contributed by atoms with Crippen molar-refractivity contribution < 1.29 is 0 Å². The highest BCUT2D eigenvalue weighted by molar-refractivity contribution is 9.10. The van der Waals surface area contributed by atoms with Crippen LogP contribution in [0.1, 0.15) is 11.3 Å². The molecular formula is C16H15BrN4. The first-order valence-corrected chi connectivity index (χ1v) is 7.48. The van der Waals surface area contributed by atoms with Gasteiger partial charge in [0.05, 0.1) is 18.4 Å². The highest BCUT2D eigenvalue weighted by Gasteiger charge is 2.04. The number of para-hydroxylation sites is 1. The van der Waals surface area contributed by atoms with Gasteiger partial charge in [0.15, 0.2) is 0 Å². The van der Waals surface area contributed by atoms with Crippen LogP contribution in [-0.2, 0) is 6.54 Å². The summed E-state index contributed by atoms with van der Waals surface area (Å²) < 4.78 is 1.06. The van der Waals surface area contributed by atoms with Crippen molar-refractivity contribution in [2.75, 3.05) is 5.32 Å². The van der Waals surface area contributed by atoms with E-state index in [9.17, 15) is 0 Å². The van der Waals surface area contributed by atoms with Crippen LogP contribution in [0.4, 0.5) is 5.69 Å². The summed E-state index contributed by atoms with van der Waals surface area (Å²) >= 11 is 3.49. The van der Waals surface area contributed by atoms with Gasteiger partial charge in [-0.1, -0.05) is 40.2 Å². The predicted molar refractivity (Wildman–Crippen MR) is 87.6 cm³/mol. The van der Waals surface area contributed by atoms with E-state index in [-0.39, 0.29) is 0 Å². The number of hydrogen-bond acceptors (Lipinski definition) is 3. The van der Waals surface area contributed by atoms with Gasteiger partial charge in [0, 0.05) is 10.2 Å². The number of anilines is 1. The normalized spacial score (nSPS) is 10.6. The minimum Gasteiger partial charge on any atom is -0.379 e. The molecule has 0 unspecified atom stereocenters. The van der Waals surface area contributed by atoms with E-state index in [1.807, 2.05) is 36.4 Å². The zero-order valence-corrected chi connectivity index (χ0v) is 13.2. The van der Waals surface area contributed by atoms with Crippen LogP contribution in [0.5, 0.6) is 0 Å². The summed E-state index contributed by atoms with van der Waals surface area (Å²) in [4.78, 5) is 1.64. The number of nitrogens with one attached hydrogen (secondary N) is 1. The lowest BCUT2D eigenvalue weighted by Gasteiger charge is -2.08. The van der Waals surface area contributed by atoms with Crippen molar-refractivity contribution in [3.05, 3.63) is 70.5 Å². The molecule has 5 heteroatoms. The number of aryl methyl sites for hydroxylation is 1. The van der Waals surface area contributed by atoms with Crippen molar-refractivity contribution >= 4 is 21.6 Å². The molecule has 4 nitrogen and oxygen atoms in total. The van der Waals surface area contributed by atoms with Gasteiger partial charge in [-0.05, 0) is 36.8 Å². The minimum absolute atomic E-state index is 0.643. The van der Waals surface area contributed by atoms with Crippen LogP contribution in [0.15, 0.2) is 59.2 Å². The molecule has 1 aromatic heterocycles. The maximum Gasteiger partial charge on any atom is 0.102 e. The summed E-state index contributed by atoms with van der Waals surface area (Å²) in [6.07, 6.45) is 1.79. The fraction of sp³-hybridized carbons (Fsp3) is 0.125. The van der Waals surface area contributed by atoms with E-state index >= 15 is 0 Å². The Morgan fingerprint density at radius 1 is 1.14 bits per heavy atom. The van der Waals surface area contributed by atoms with E-state index in [2.05, 4.69) is 50.5 Å². The van der Waals surface area contributed by atoms with Gasteiger partial charge < -0.3 is 5.32 Å². The second-order valence-corrected chi connectivity index (χ2v) is 5.69. The lowest BCUT2D eigenvalue weighted by atomic mass is 10.2. The fourth-order valence-electron chi connectivity index (χ4n) is 2.03. The van der Waals surface area contributed by atoms with Crippen molar-refractivity contribution in [1.82, 2.24) is 15.0 Å². The average molecular weight is 343 g/mol. The minimum atomic E-state index is 0.643. The van der Waals surface area contributed by atoms with Crippen LogP contribution in [-0.4, -0.2) is 15.0 Å². The molecule has 0 spiro atoms. The number of aromatic nitrogens is 3. The summed E-state index contributed by atoms with van der Waals surface area (Å²) in [5, 5.41) is 12.2. The average Bonchev–Trinajstić information content (AvgIpc) is 2.98. The molecule has 0 bridgehead atoms. The molecule has 21 heavy (non-hydrogen) atoms. The monoisotopic (exact) mass is 342 g/mol. The van der Waals surface area contributed by atoms with Crippen LogP contribution in [0.25, 0.3) is 5.69 Å². The molecule has 0 aliphatic carbocycles. The van der Waals surface area contributed by atoms with Crippen molar-refractivity contribution in [2.24, 2.45) is 0 Å². The summed E-state index contributed by atoms with van der Waals surface area (Å²) in [5.41, 5.74) is 4.16. The number of benzene rings is 2. The molecule has 0 aliphatic rings. The van der Waals surface area contributed by atoms with Crippen LogP contribution in [0.2, 0.25) is 0 Å². The third-order valence-corrected chi connectivity index (χ3v) is 3.68. The molecule has 0 amide bonds. The third kappa shape index (κ3) is 3.31. The summed E-state index contributed by atoms with van der Waals surface area (Å²) in [7, 11) is 0. The molecular weight excluding hydrogens is 328 g/mol. The van der Waals surface area contributed by atoms with Crippen LogP contribution in [0, 0.1) is 6.92 Å². The lowest BCUT2D eigenvalue weighted by molar-refractivity contribution is 0.740. The van der Waals surface area contributed by atoms with Crippen molar-refractivity contribution in [1.29, 1.82) is 0 Å². The molecule has 3 aromatic rings. The summed E-state index contributed by atoms with van der Waals surface area (Å²) in [5.74, 6) is 0. The van der Waals surface area contributed by atoms with Crippen LogP contribution < -0.4 is 5.32 Å². The Morgan fingerprint density at radius 2 is 1.95 bits per heavy atom. The number of nitrogens with zero attached hydrogens (tertiary/aromatic N) is 3. The van der Waals surface area contributed by atoms with E-state index < -0.39 is 0 Å². The molecule has 106 valence electrons. The maximum absolute atomic E-state index is 4.48. The standard InChI is InChI=1S/C16H15BrN4/c1-12-7-8-13(17)9-16(12)18-10-14-11-19-21(20-14)15-5-3-2-4-6-15/h2-9,11,18H,10H2,1H3. The zero-order valence-electron chi connectivity index (χ0n) is 11.6. The van der Waals surface area contributed by atoms with E-state index in [0.29, 0.717) is 6.54 Å². The number of halogens is 1. The van der Waals surface area contributed by atoms with E-state index in [0.717, 1.165) is 21.5 Å². The third-order valence-electron chi connectivity index (χ3n) is 3.19. The first-order valence-electron chi connectivity index (χ1n) is 6.69. The lowest BCUT2D eigenvalue weighted by Crippen LogP contribution is -2.03. The molecule has 1 heterocycles. The van der Waals surface area contributed by atoms with Gasteiger partial charge in [-0.15, -0.1) is 0 Å². The number of rotatable bonds is 4. The Bertz CT molecular complexity index is 737. The first-order chi connectivity index (χ1) is 10.2. The highest BCUT2D eigenvalue weighted by Crippen LogP contribution is 2.21. The Hall–Kier alpha value is -2.14. The molecule has 3 rings (SSSR count). The van der Waals surface area contributed by atoms with Gasteiger partial charge in [0.1, 0.15) is 5.69 Å². The SMILES string of the molecule is Cc1ccc(Br)cc1NCc1cnn(-c2ccccc2)n1. The van der Waals surface area contributed by atoms with E-state index in [4.69, 9.17) is 0 Å². The highest BCUT2D eigenvalue weighted by atomic mass is 79.9. The molecule has 0 radical (unpaired) electrons. The van der Waals surface area contributed by atoms with Crippen molar-refractivity contribution in [3.8, 4) is 5.69 Å². The van der Waals surface area contributed by atoms with Gasteiger partial charge in [0.2, 0.25) is 0 Å². The Labute approximate surface area is 131 Å². The summed E-state index contributed by atoms with van der Waals surface area (Å²) in [6.45, 7) is 2.72. The Morgan fingerprint density at radius 3 is 2.76 bits per heavy atom. The van der Waals surface area contributed by atoms with Crippen LogP contribution in [0.3, 0.4) is 0 Å². The molecule has 2 aromatic carbocycles. The van der Waals surface area contributed by atoms with E-state index in [1.54, 1.807) is 11.0 Å². The van der Waals surface area contributed by atoms with E-state index in [1.165, 1.54) is 5.56 Å². The number of hydrogen-bond donors (Lipinski definition) is 1. The Kier molecular flexibility index (Phi) is 4.01. The topological polar surface area (TPSA) is 42.7 Å². The first kappa shape index (κ1) is 13.8. The molecule has 0 aliphatic heterocycles. The quantitative estimate of drug-likeness (QED) is 0.780. The maximum atomic E-state index is 4.48. The van der Waals surface area contributed by atoms with Crippen LogP contribution >= 0.6 is 15.9 Å². The smallest absolute Gasteiger partial charge is 0.102 e. The van der Waals surface area contributed by atoms with Gasteiger partial charge in [-0.3, -0.25) is 0 Å². The summed E-state index contributed by atoms with van der Waals surface area (Å²) in [6, 6.07) is 16.1.